The second-order valence-electron chi connectivity index (χ2n) is 2.31. The molecule has 0 rings (SSSR count). The van der Waals surface area contributed by atoms with Gasteiger partial charge in [0.25, 0.3) is 0 Å². The predicted octanol–water partition coefficient (Wildman–Crippen LogP) is -6.26. The van der Waals surface area contributed by atoms with Crippen molar-refractivity contribution in [2.24, 2.45) is 0 Å². The molecular formula is C6H13NaO6. The smallest absolute Gasteiger partial charge is 1.00 e. The molecular weight excluding hydrogens is 191 g/mol. The molecule has 0 fully saturated rings. The zero-order valence-electron chi connectivity index (χ0n) is 8.29. The topological polar surface area (TPSA) is 118 Å². The first-order chi connectivity index (χ1) is 5.54. The molecule has 0 aromatic carbocycles. The third-order valence-electron chi connectivity index (χ3n) is 1.39. The standard InChI is InChI=1S/C6H12O6.Na.H/c7-1-3(9)5(11)6(12)4(10)2-8;;/h3,5-9,11-12H,1-2H2;;/q;+1;-1/t3-,5+,6+;;/m1../s1. The van der Waals surface area contributed by atoms with E-state index < -0.39 is 37.3 Å². The van der Waals surface area contributed by atoms with E-state index in [0.29, 0.717) is 0 Å². The van der Waals surface area contributed by atoms with Crippen LogP contribution in [0.1, 0.15) is 1.43 Å². The van der Waals surface area contributed by atoms with Gasteiger partial charge in [-0.1, -0.05) is 0 Å². The van der Waals surface area contributed by atoms with Crippen molar-refractivity contribution in [3.63, 3.8) is 0 Å². The summed E-state index contributed by atoms with van der Waals surface area (Å²) in [4.78, 5) is 10.5. The molecule has 74 valence electrons. The molecule has 3 atom stereocenters. The minimum absolute atomic E-state index is 0. The molecule has 0 spiro atoms. The maximum Gasteiger partial charge on any atom is 1.00 e. The third-order valence-corrected chi connectivity index (χ3v) is 1.39. The predicted molar refractivity (Wildman–Crippen MR) is 38.3 cm³/mol. The van der Waals surface area contributed by atoms with Gasteiger partial charge in [0.05, 0.1) is 6.61 Å². The molecule has 0 amide bonds. The van der Waals surface area contributed by atoms with Gasteiger partial charge in [-0.2, -0.15) is 0 Å². The molecule has 7 heteroatoms. The van der Waals surface area contributed by atoms with Crippen LogP contribution in [0.3, 0.4) is 0 Å². The number of carbonyl (C=O) groups excluding carboxylic acids is 1. The normalized spacial score (nSPS) is 17.0. The Kier molecular flexibility index (Phi) is 9.60. The minimum atomic E-state index is -1.86. The van der Waals surface area contributed by atoms with Gasteiger partial charge < -0.3 is 27.0 Å². The summed E-state index contributed by atoms with van der Waals surface area (Å²) in [5.74, 6) is -1.00. The van der Waals surface area contributed by atoms with Crippen molar-refractivity contribution in [2.45, 2.75) is 18.3 Å². The zero-order chi connectivity index (χ0) is 9.72. The summed E-state index contributed by atoms with van der Waals surface area (Å²) in [6.07, 6.45) is -5.22. The van der Waals surface area contributed by atoms with E-state index in [4.69, 9.17) is 25.5 Å². The summed E-state index contributed by atoms with van der Waals surface area (Å²) in [6.45, 7) is -1.69. The number of Topliss-reactive ketones (excluding diaryl/α,β-unsaturated/α-hetero) is 1. The molecule has 0 saturated heterocycles. The molecule has 0 unspecified atom stereocenters. The van der Waals surface area contributed by atoms with E-state index >= 15 is 0 Å². The first kappa shape index (κ1) is 15.9. The fraction of sp³-hybridized carbons (Fsp3) is 0.833. The number of hydrogen-bond donors (Lipinski definition) is 5. The number of carbonyl (C=O) groups is 1. The van der Waals surface area contributed by atoms with E-state index in [9.17, 15) is 4.79 Å². The summed E-state index contributed by atoms with van der Waals surface area (Å²) in [7, 11) is 0. The number of ketones is 1. The van der Waals surface area contributed by atoms with Crippen molar-refractivity contribution in [3.8, 4) is 0 Å². The fourth-order valence-corrected chi connectivity index (χ4v) is 0.602. The summed E-state index contributed by atoms with van der Waals surface area (Å²) < 4.78 is 0. The molecule has 0 bridgehead atoms. The molecule has 0 aliphatic rings. The average molecular weight is 204 g/mol. The van der Waals surface area contributed by atoms with Crippen LogP contribution in [0.5, 0.6) is 0 Å². The largest absolute Gasteiger partial charge is 1.00 e. The maximum absolute atomic E-state index is 10.5. The molecule has 0 heterocycles. The number of aliphatic hydroxyl groups excluding tert-OH is 5. The van der Waals surface area contributed by atoms with Crippen LogP contribution in [0.4, 0.5) is 0 Å². The summed E-state index contributed by atoms with van der Waals surface area (Å²) >= 11 is 0. The Bertz CT molecular complexity index is 157. The van der Waals surface area contributed by atoms with Gasteiger partial charge in [-0.3, -0.25) is 4.79 Å². The van der Waals surface area contributed by atoms with Crippen LogP contribution in [0.25, 0.3) is 0 Å². The van der Waals surface area contributed by atoms with Gasteiger partial charge in [-0.25, -0.2) is 0 Å². The first-order valence-electron chi connectivity index (χ1n) is 3.33. The second kappa shape index (κ2) is 7.84. The Morgan fingerprint density at radius 1 is 1.23 bits per heavy atom. The van der Waals surface area contributed by atoms with Crippen LogP contribution in [0.2, 0.25) is 0 Å². The molecule has 0 aromatic heterocycles. The third kappa shape index (κ3) is 5.04. The van der Waals surface area contributed by atoms with E-state index in [1.807, 2.05) is 0 Å². The van der Waals surface area contributed by atoms with Gasteiger partial charge in [-0.05, 0) is 0 Å². The van der Waals surface area contributed by atoms with Gasteiger partial charge in [-0.15, -0.1) is 0 Å². The quantitative estimate of drug-likeness (QED) is 0.284. The van der Waals surface area contributed by atoms with Crippen molar-refractivity contribution in [3.05, 3.63) is 0 Å². The summed E-state index contributed by atoms with van der Waals surface area (Å²) in [5.41, 5.74) is 0. The summed E-state index contributed by atoms with van der Waals surface area (Å²) in [6, 6.07) is 0. The number of rotatable bonds is 5. The Hall–Kier alpha value is 0.470. The van der Waals surface area contributed by atoms with Crippen molar-refractivity contribution >= 4 is 5.78 Å². The van der Waals surface area contributed by atoms with Crippen LogP contribution in [0.15, 0.2) is 0 Å². The van der Waals surface area contributed by atoms with Crippen LogP contribution in [-0.4, -0.2) is 62.8 Å². The van der Waals surface area contributed by atoms with Crippen molar-refractivity contribution in [1.29, 1.82) is 0 Å². The second-order valence-corrected chi connectivity index (χ2v) is 2.31. The number of aliphatic hydroxyl groups is 5. The maximum atomic E-state index is 10.5. The van der Waals surface area contributed by atoms with Crippen LogP contribution in [-0.2, 0) is 4.79 Å². The van der Waals surface area contributed by atoms with Crippen LogP contribution < -0.4 is 29.6 Å². The van der Waals surface area contributed by atoms with Gasteiger partial charge >= 0.3 is 29.6 Å². The molecule has 0 aromatic rings. The van der Waals surface area contributed by atoms with Crippen molar-refractivity contribution in [2.75, 3.05) is 13.2 Å². The SMILES string of the molecule is O=C(CO)[C@H](O)[C@@H](O)[C@H](O)CO.[H-].[Na+]. The van der Waals surface area contributed by atoms with Crippen molar-refractivity contribution < 1.29 is 61.3 Å². The number of hydrogen-bond acceptors (Lipinski definition) is 6. The Balaban J connectivity index is -0.000000605. The summed E-state index contributed by atoms with van der Waals surface area (Å²) in [5, 5.41) is 43.1. The minimum Gasteiger partial charge on any atom is -1.00 e. The van der Waals surface area contributed by atoms with E-state index in [0.717, 1.165) is 0 Å². The molecule has 13 heavy (non-hydrogen) atoms. The Morgan fingerprint density at radius 3 is 2.00 bits per heavy atom. The monoisotopic (exact) mass is 204 g/mol. The van der Waals surface area contributed by atoms with Crippen molar-refractivity contribution in [1.82, 2.24) is 0 Å². The van der Waals surface area contributed by atoms with Gasteiger partial charge in [0.2, 0.25) is 0 Å². The van der Waals surface area contributed by atoms with Gasteiger partial charge in [0.15, 0.2) is 5.78 Å². The average Bonchev–Trinajstić information content (AvgIpc) is 2.12. The first-order valence-corrected chi connectivity index (χ1v) is 3.33. The molecule has 0 aliphatic heterocycles. The molecule has 0 saturated carbocycles. The van der Waals surface area contributed by atoms with E-state index in [1.54, 1.807) is 0 Å². The molecule has 0 radical (unpaired) electrons. The Labute approximate surface area is 98.6 Å². The fourth-order valence-electron chi connectivity index (χ4n) is 0.602. The van der Waals surface area contributed by atoms with Gasteiger partial charge in [0.1, 0.15) is 24.9 Å². The van der Waals surface area contributed by atoms with Gasteiger partial charge in [0, 0.05) is 0 Å². The van der Waals surface area contributed by atoms with Crippen LogP contribution in [0, 0.1) is 0 Å². The Morgan fingerprint density at radius 2 is 1.69 bits per heavy atom. The zero-order valence-corrected chi connectivity index (χ0v) is 9.29. The van der Waals surface area contributed by atoms with E-state index in [1.165, 1.54) is 0 Å². The molecule has 5 N–H and O–H groups in total. The molecule has 6 nitrogen and oxygen atoms in total. The van der Waals surface area contributed by atoms with E-state index in [-0.39, 0.29) is 31.0 Å². The molecule has 0 aliphatic carbocycles. The van der Waals surface area contributed by atoms with E-state index in [2.05, 4.69) is 0 Å². The van der Waals surface area contributed by atoms with Crippen LogP contribution >= 0.6 is 0 Å².